The van der Waals surface area contributed by atoms with Gasteiger partial charge < -0.3 is 40.1 Å². The van der Waals surface area contributed by atoms with E-state index in [1.54, 1.807) is 0 Å². The van der Waals surface area contributed by atoms with Crippen molar-refractivity contribution in [3.63, 3.8) is 0 Å². The fraction of sp³-hybridized carbons (Fsp3) is 0.900. The van der Waals surface area contributed by atoms with E-state index in [9.17, 15) is 20.1 Å². The van der Waals surface area contributed by atoms with Crippen LogP contribution in [0.5, 0.6) is 0 Å². The summed E-state index contributed by atoms with van der Waals surface area (Å²) in [5, 5.41) is 55.1. The van der Waals surface area contributed by atoms with Crippen molar-refractivity contribution in [1.82, 2.24) is 0 Å². The first-order valence-electron chi connectivity index (χ1n) is 5.69. The van der Waals surface area contributed by atoms with Gasteiger partial charge in [0.2, 0.25) is 0 Å². The van der Waals surface area contributed by atoms with Gasteiger partial charge in [-0.25, -0.2) is 0 Å². The monoisotopic (exact) mass is 282 g/mol. The summed E-state index contributed by atoms with van der Waals surface area (Å²) in [6.07, 6.45) is -9.02. The first-order chi connectivity index (χ1) is 8.90. The van der Waals surface area contributed by atoms with E-state index in [4.69, 9.17) is 24.8 Å². The highest BCUT2D eigenvalue weighted by atomic mass is 16.7. The number of aliphatic hydroxyl groups excluding tert-OH is 5. The fourth-order valence-corrected chi connectivity index (χ4v) is 1.72. The molecule has 6 N–H and O–H groups in total. The average Bonchev–Trinajstić information content (AvgIpc) is 2.37. The van der Waals surface area contributed by atoms with E-state index in [1.165, 1.54) is 0 Å². The fourth-order valence-electron chi connectivity index (χ4n) is 1.72. The van der Waals surface area contributed by atoms with Crippen molar-refractivity contribution in [2.75, 3.05) is 13.2 Å². The molecule has 1 aliphatic rings. The molecule has 0 aromatic heterocycles. The number of carboxylic acid groups (broad SMARTS) is 1. The van der Waals surface area contributed by atoms with E-state index in [0.717, 1.165) is 0 Å². The summed E-state index contributed by atoms with van der Waals surface area (Å²) < 4.78 is 10.0. The molecule has 1 fully saturated rings. The molecule has 0 unspecified atom stereocenters. The van der Waals surface area contributed by atoms with Gasteiger partial charge in [-0.3, -0.25) is 4.79 Å². The molecule has 0 amide bonds. The highest BCUT2D eigenvalue weighted by Gasteiger charge is 2.44. The van der Waals surface area contributed by atoms with Gasteiger partial charge in [-0.2, -0.15) is 0 Å². The number of carboxylic acids is 1. The van der Waals surface area contributed by atoms with Crippen molar-refractivity contribution in [2.45, 2.75) is 43.2 Å². The molecule has 1 rings (SSSR count). The second kappa shape index (κ2) is 7.10. The van der Waals surface area contributed by atoms with E-state index >= 15 is 0 Å². The highest BCUT2D eigenvalue weighted by molar-refractivity contribution is 5.67. The molecule has 9 nitrogen and oxygen atoms in total. The SMILES string of the molecule is O=C(O)C[C@H](CO)O[C@@H]1O[C@H](CO)[C@@H](O)[C@H](O)[C@H]1O. The van der Waals surface area contributed by atoms with E-state index in [0.29, 0.717) is 0 Å². The van der Waals surface area contributed by atoms with Gasteiger partial charge in [0.1, 0.15) is 24.4 Å². The molecule has 1 saturated heterocycles. The van der Waals surface area contributed by atoms with E-state index in [-0.39, 0.29) is 0 Å². The first-order valence-corrected chi connectivity index (χ1v) is 5.69. The number of hydrogen-bond acceptors (Lipinski definition) is 8. The molecule has 0 bridgehead atoms. The average molecular weight is 282 g/mol. The Bertz CT molecular complexity index is 295. The minimum atomic E-state index is -1.62. The maximum Gasteiger partial charge on any atom is 0.306 e. The summed E-state index contributed by atoms with van der Waals surface area (Å²) in [6, 6.07) is 0. The zero-order chi connectivity index (χ0) is 14.6. The molecule has 0 aliphatic carbocycles. The molecule has 19 heavy (non-hydrogen) atoms. The molecule has 6 atom stereocenters. The molecular formula is C10H18O9. The van der Waals surface area contributed by atoms with Gasteiger partial charge >= 0.3 is 5.97 Å². The minimum absolute atomic E-state index is 0.522. The van der Waals surface area contributed by atoms with Crippen LogP contribution in [0.15, 0.2) is 0 Å². The predicted molar refractivity (Wildman–Crippen MR) is 58.0 cm³/mol. The Morgan fingerprint density at radius 3 is 2.26 bits per heavy atom. The lowest BCUT2D eigenvalue weighted by Crippen LogP contribution is -2.59. The molecule has 112 valence electrons. The van der Waals surface area contributed by atoms with Crippen LogP contribution in [-0.2, 0) is 14.3 Å². The zero-order valence-corrected chi connectivity index (χ0v) is 9.99. The Labute approximate surface area is 108 Å². The number of aliphatic hydroxyl groups is 5. The van der Waals surface area contributed by atoms with Crippen LogP contribution in [0.2, 0.25) is 0 Å². The molecule has 0 spiro atoms. The number of carbonyl (C=O) groups is 1. The van der Waals surface area contributed by atoms with Gasteiger partial charge in [0.25, 0.3) is 0 Å². The van der Waals surface area contributed by atoms with E-state index in [2.05, 4.69) is 0 Å². The molecule has 9 heteroatoms. The first kappa shape index (κ1) is 16.2. The number of rotatable bonds is 6. The second-order valence-corrected chi connectivity index (χ2v) is 4.24. The summed E-state index contributed by atoms with van der Waals surface area (Å²) in [4.78, 5) is 10.5. The quantitative estimate of drug-likeness (QED) is 0.292. The summed E-state index contributed by atoms with van der Waals surface area (Å²) >= 11 is 0. The van der Waals surface area contributed by atoms with Crippen molar-refractivity contribution in [2.24, 2.45) is 0 Å². The molecule has 0 saturated carbocycles. The highest BCUT2D eigenvalue weighted by Crippen LogP contribution is 2.23. The molecular weight excluding hydrogens is 264 g/mol. The predicted octanol–water partition coefficient (Wildman–Crippen LogP) is -3.36. The Morgan fingerprint density at radius 2 is 1.79 bits per heavy atom. The van der Waals surface area contributed by atoms with Crippen LogP contribution in [0, 0.1) is 0 Å². The van der Waals surface area contributed by atoms with Gasteiger partial charge in [-0.1, -0.05) is 0 Å². The van der Waals surface area contributed by atoms with Crippen LogP contribution >= 0.6 is 0 Å². The Balaban J connectivity index is 2.67. The smallest absolute Gasteiger partial charge is 0.306 e. The summed E-state index contributed by atoms with van der Waals surface area (Å²) in [7, 11) is 0. The molecule has 1 heterocycles. The molecule has 0 radical (unpaired) electrons. The molecule has 0 aromatic carbocycles. The maximum absolute atomic E-state index is 10.5. The number of aliphatic carboxylic acids is 1. The van der Waals surface area contributed by atoms with Crippen LogP contribution in [0.1, 0.15) is 6.42 Å². The third-order valence-electron chi connectivity index (χ3n) is 2.78. The lowest BCUT2D eigenvalue weighted by molar-refractivity contribution is -0.313. The zero-order valence-electron chi connectivity index (χ0n) is 9.99. The Kier molecular flexibility index (Phi) is 6.07. The summed E-state index contributed by atoms with van der Waals surface area (Å²) in [5.74, 6) is -1.22. The Morgan fingerprint density at radius 1 is 1.16 bits per heavy atom. The van der Waals surface area contributed by atoms with Crippen molar-refractivity contribution in [1.29, 1.82) is 0 Å². The van der Waals surface area contributed by atoms with Crippen LogP contribution in [0.3, 0.4) is 0 Å². The largest absolute Gasteiger partial charge is 0.481 e. The van der Waals surface area contributed by atoms with Gasteiger partial charge in [-0.05, 0) is 0 Å². The van der Waals surface area contributed by atoms with Crippen molar-refractivity contribution < 1.29 is 44.9 Å². The number of hydrogen-bond donors (Lipinski definition) is 6. The van der Waals surface area contributed by atoms with Crippen molar-refractivity contribution in [3.8, 4) is 0 Å². The lowest BCUT2D eigenvalue weighted by atomic mass is 9.99. The minimum Gasteiger partial charge on any atom is -0.481 e. The second-order valence-electron chi connectivity index (χ2n) is 4.24. The molecule has 1 aliphatic heterocycles. The normalized spacial score (nSPS) is 37.0. The van der Waals surface area contributed by atoms with Crippen molar-refractivity contribution >= 4 is 5.97 Å². The van der Waals surface area contributed by atoms with Gasteiger partial charge in [0, 0.05) is 0 Å². The van der Waals surface area contributed by atoms with E-state index in [1.807, 2.05) is 0 Å². The summed E-state index contributed by atoms with van der Waals surface area (Å²) in [6.45, 7) is -1.24. The van der Waals surface area contributed by atoms with Gasteiger partial charge in [-0.15, -0.1) is 0 Å². The van der Waals surface area contributed by atoms with Gasteiger partial charge in [0.15, 0.2) is 6.29 Å². The molecule has 0 aromatic rings. The summed E-state index contributed by atoms with van der Waals surface area (Å²) in [5.41, 5.74) is 0. The maximum atomic E-state index is 10.5. The topological polar surface area (TPSA) is 157 Å². The van der Waals surface area contributed by atoms with Crippen LogP contribution < -0.4 is 0 Å². The van der Waals surface area contributed by atoms with Crippen molar-refractivity contribution in [3.05, 3.63) is 0 Å². The van der Waals surface area contributed by atoms with E-state index < -0.39 is 62.4 Å². The van der Waals surface area contributed by atoms with Crippen LogP contribution in [0.4, 0.5) is 0 Å². The third kappa shape index (κ3) is 4.08. The standard InChI is InChI=1S/C10H18O9/c11-2-4(1-6(13)14)18-10-9(17)8(16)7(15)5(3-12)19-10/h4-5,7-12,15-17H,1-3H2,(H,13,14)/t4-,5-,7-,8+,9-,10-/m1/s1. The van der Waals surface area contributed by atoms with Crippen LogP contribution in [-0.4, -0.2) is 86.6 Å². The third-order valence-corrected chi connectivity index (χ3v) is 2.78. The number of ether oxygens (including phenoxy) is 2. The Hall–Kier alpha value is -0.810. The van der Waals surface area contributed by atoms with Crippen LogP contribution in [0.25, 0.3) is 0 Å². The van der Waals surface area contributed by atoms with Gasteiger partial charge in [0.05, 0.1) is 25.7 Å². The lowest BCUT2D eigenvalue weighted by Gasteiger charge is -2.40.